The normalized spacial score (nSPS) is 12.5. The average molecular weight is 316 g/mol. The number of hydrogen-bond donors (Lipinski definition) is 1. The number of hydrogen-bond acceptors (Lipinski definition) is 4. The Morgan fingerprint density at radius 3 is 2.91 bits per heavy atom. The highest BCUT2D eigenvalue weighted by Crippen LogP contribution is 2.25. The van der Waals surface area contributed by atoms with Crippen LogP contribution in [0.3, 0.4) is 0 Å². The molecule has 1 unspecified atom stereocenters. The van der Waals surface area contributed by atoms with Crippen LogP contribution in [0.1, 0.15) is 25.8 Å². The highest BCUT2D eigenvalue weighted by Gasteiger charge is 2.13. The van der Waals surface area contributed by atoms with E-state index in [1.54, 1.807) is 17.2 Å². The molecule has 0 aliphatic heterocycles. The Morgan fingerprint density at radius 1 is 1.32 bits per heavy atom. The van der Waals surface area contributed by atoms with Gasteiger partial charge in [0.25, 0.3) is 0 Å². The third kappa shape index (κ3) is 2.64. The molecule has 0 aliphatic rings. The number of aromatic nitrogens is 4. The van der Waals surface area contributed by atoms with Crippen molar-refractivity contribution in [1.29, 1.82) is 0 Å². The van der Waals surface area contributed by atoms with E-state index in [9.17, 15) is 0 Å². The molecule has 2 aromatic heterocycles. The SMILES string of the molecule is CCC(C)Nc1ncnc2c1cnn2-c1cc(Cl)ccc1C. The molecule has 0 aliphatic carbocycles. The molecule has 0 amide bonds. The number of halogens is 1. The van der Waals surface area contributed by atoms with Crippen LogP contribution in [0.5, 0.6) is 0 Å². The van der Waals surface area contributed by atoms with Gasteiger partial charge in [0.2, 0.25) is 0 Å². The molecule has 3 rings (SSSR count). The number of benzene rings is 1. The zero-order valence-electron chi connectivity index (χ0n) is 12.8. The van der Waals surface area contributed by atoms with Crippen LogP contribution >= 0.6 is 11.6 Å². The summed E-state index contributed by atoms with van der Waals surface area (Å²) in [4.78, 5) is 8.73. The van der Waals surface area contributed by atoms with Crippen LogP contribution in [0.2, 0.25) is 5.02 Å². The second kappa shape index (κ2) is 5.93. The molecule has 1 N–H and O–H groups in total. The van der Waals surface area contributed by atoms with Gasteiger partial charge in [-0.05, 0) is 38.0 Å². The summed E-state index contributed by atoms with van der Waals surface area (Å²) in [5.41, 5.74) is 2.78. The largest absolute Gasteiger partial charge is 0.367 e. The number of fused-ring (bicyclic) bond motifs is 1. The maximum atomic E-state index is 6.12. The Hall–Kier alpha value is -2.14. The fourth-order valence-electron chi connectivity index (χ4n) is 2.28. The Balaban J connectivity index is 2.13. The van der Waals surface area contributed by atoms with Crippen molar-refractivity contribution in [1.82, 2.24) is 19.7 Å². The number of anilines is 1. The minimum atomic E-state index is 0.342. The van der Waals surface area contributed by atoms with Gasteiger partial charge in [-0.1, -0.05) is 24.6 Å². The number of nitrogens with one attached hydrogen (secondary N) is 1. The molecule has 2 heterocycles. The summed E-state index contributed by atoms with van der Waals surface area (Å²) < 4.78 is 1.81. The van der Waals surface area contributed by atoms with E-state index in [0.717, 1.165) is 34.5 Å². The molecular formula is C16H18ClN5. The van der Waals surface area contributed by atoms with E-state index in [1.165, 1.54) is 0 Å². The summed E-state index contributed by atoms with van der Waals surface area (Å²) in [6.45, 7) is 6.28. The molecule has 0 radical (unpaired) electrons. The average Bonchev–Trinajstić information content (AvgIpc) is 2.94. The van der Waals surface area contributed by atoms with Gasteiger partial charge in [0.1, 0.15) is 12.1 Å². The van der Waals surface area contributed by atoms with E-state index in [0.29, 0.717) is 11.1 Å². The Morgan fingerprint density at radius 2 is 2.14 bits per heavy atom. The maximum Gasteiger partial charge on any atom is 0.168 e. The lowest BCUT2D eigenvalue weighted by atomic mass is 10.2. The third-order valence-corrected chi connectivity index (χ3v) is 4.00. The molecule has 0 bridgehead atoms. The highest BCUT2D eigenvalue weighted by molar-refractivity contribution is 6.30. The van der Waals surface area contributed by atoms with Gasteiger partial charge in [-0.2, -0.15) is 5.10 Å². The van der Waals surface area contributed by atoms with Crippen molar-refractivity contribution in [2.45, 2.75) is 33.2 Å². The van der Waals surface area contributed by atoms with E-state index in [2.05, 4.69) is 34.2 Å². The van der Waals surface area contributed by atoms with Crippen molar-refractivity contribution in [2.75, 3.05) is 5.32 Å². The monoisotopic (exact) mass is 315 g/mol. The minimum Gasteiger partial charge on any atom is -0.367 e. The highest BCUT2D eigenvalue weighted by atomic mass is 35.5. The fourth-order valence-corrected chi connectivity index (χ4v) is 2.45. The second-order valence-electron chi connectivity index (χ2n) is 5.40. The summed E-state index contributed by atoms with van der Waals surface area (Å²) >= 11 is 6.12. The van der Waals surface area contributed by atoms with Gasteiger partial charge in [0, 0.05) is 11.1 Å². The van der Waals surface area contributed by atoms with E-state index < -0.39 is 0 Å². The van der Waals surface area contributed by atoms with E-state index >= 15 is 0 Å². The van der Waals surface area contributed by atoms with Gasteiger partial charge in [0.15, 0.2) is 5.65 Å². The van der Waals surface area contributed by atoms with Crippen molar-refractivity contribution in [3.63, 3.8) is 0 Å². The summed E-state index contributed by atoms with van der Waals surface area (Å²) in [7, 11) is 0. The van der Waals surface area contributed by atoms with Gasteiger partial charge < -0.3 is 5.32 Å². The van der Waals surface area contributed by atoms with Crippen LogP contribution in [-0.4, -0.2) is 25.8 Å². The lowest BCUT2D eigenvalue weighted by Gasteiger charge is -2.12. The lowest BCUT2D eigenvalue weighted by molar-refractivity contribution is 0.760. The lowest BCUT2D eigenvalue weighted by Crippen LogP contribution is -2.14. The minimum absolute atomic E-state index is 0.342. The number of rotatable bonds is 4. The van der Waals surface area contributed by atoms with Crippen molar-refractivity contribution in [2.24, 2.45) is 0 Å². The van der Waals surface area contributed by atoms with Crippen LogP contribution in [0.15, 0.2) is 30.7 Å². The predicted octanol–water partition coefficient (Wildman–Crippen LogP) is 3.99. The molecule has 5 nitrogen and oxygen atoms in total. The van der Waals surface area contributed by atoms with Crippen molar-refractivity contribution in [3.8, 4) is 5.69 Å². The third-order valence-electron chi connectivity index (χ3n) is 3.76. The molecule has 0 saturated carbocycles. The van der Waals surface area contributed by atoms with Gasteiger partial charge >= 0.3 is 0 Å². The van der Waals surface area contributed by atoms with Crippen molar-refractivity contribution in [3.05, 3.63) is 41.3 Å². The van der Waals surface area contributed by atoms with Gasteiger partial charge in [-0.3, -0.25) is 0 Å². The first-order valence-corrected chi connectivity index (χ1v) is 7.69. The van der Waals surface area contributed by atoms with Crippen LogP contribution in [0.4, 0.5) is 5.82 Å². The Bertz CT molecular complexity index is 811. The topological polar surface area (TPSA) is 55.6 Å². The molecule has 22 heavy (non-hydrogen) atoms. The van der Waals surface area contributed by atoms with Crippen LogP contribution < -0.4 is 5.32 Å². The first-order chi connectivity index (χ1) is 10.6. The van der Waals surface area contributed by atoms with Crippen molar-refractivity contribution < 1.29 is 0 Å². The van der Waals surface area contributed by atoms with Crippen LogP contribution in [0, 0.1) is 6.92 Å². The van der Waals surface area contributed by atoms with Crippen molar-refractivity contribution >= 4 is 28.5 Å². The molecule has 0 spiro atoms. The van der Waals surface area contributed by atoms with E-state index in [1.807, 2.05) is 25.1 Å². The first-order valence-electron chi connectivity index (χ1n) is 7.32. The summed E-state index contributed by atoms with van der Waals surface area (Å²) in [6.07, 6.45) is 4.37. The second-order valence-corrected chi connectivity index (χ2v) is 5.84. The molecule has 3 aromatic rings. The van der Waals surface area contributed by atoms with Gasteiger partial charge in [-0.15, -0.1) is 0 Å². The molecule has 0 saturated heterocycles. The zero-order chi connectivity index (χ0) is 15.7. The summed E-state index contributed by atoms with van der Waals surface area (Å²) in [5.74, 6) is 0.810. The van der Waals surface area contributed by atoms with Gasteiger partial charge in [0.05, 0.1) is 17.3 Å². The molecule has 114 valence electrons. The van der Waals surface area contributed by atoms with E-state index in [4.69, 9.17) is 11.6 Å². The first kappa shape index (κ1) is 14.8. The van der Waals surface area contributed by atoms with Gasteiger partial charge in [-0.25, -0.2) is 14.6 Å². The standard InChI is InChI=1S/C16H18ClN5/c1-4-11(3)21-15-13-8-20-22(16(13)19-9-18-15)14-7-12(17)6-5-10(14)2/h5-9,11H,4H2,1-3H3,(H,18,19,21). The van der Waals surface area contributed by atoms with E-state index in [-0.39, 0.29) is 0 Å². The van der Waals surface area contributed by atoms with Crippen LogP contribution in [-0.2, 0) is 0 Å². The Kier molecular flexibility index (Phi) is 3.98. The predicted molar refractivity (Wildman–Crippen MR) is 89.8 cm³/mol. The summed E-state index contributed by atoms with van der Waals surface area (Å²) in [5, 5.41) is 9.45. The quantitative estimate of drug-likeness (QED) is 0.791. The maximum absolute atomic E-state index is 6.12. The molecular weight excluding hydrogens is 298 g/mol. The Labute approximate surface area is 134 Å². The summed E-state index contributed by atoms with van der Waals surface area (Å²) in [6, 6.07) is 6.09. The molecule has 1 aromatic carbocycles. The smallest absolute Gasteiger partial charge is 0.168 e. The van der Waals surface area contributed by atoms with Crippen LogP contribution in [0.25, 0.3) is 16.7 Å². The molecule has 0 fully saturated rings. The number of nitrogens with zero attached hydrogens (tertiary/aromatic N) is 4. The molecule has 6 heteroatoms. The number of aryl methyl sites for hydroxylation is 1. The molecule has 1 atom stereocenters. The fraction of sp³-hybridized carbons (Fsp3) is 0.312. The zero-order valence-corrected chi connectivity index (χ0v) is 13.6.